The van der Waals surface area contributed by atoms with Gasteiger partial charge in [-0.05, 0) is 12.1 Å². The molecule has 13 heavy (non-hydrogen) atoms. The minimum atomic E-state index is -0.509. The molecule has 0 unspecified atom stereocenters. The van der Waals surface area contributed by atoms with E-state index in [0.29, 0.717) is 0 Å². The van der Waals surface area contributed by atoms with E-state index in [0.717, 1.165) is 0 Å². The molecule has 0 saturated heterocycles. The Balaban J connectivity index is 0.000000132. The van der Waals surface area contributed by atoms with Crippen LogP contribution in [0.2, 0.25) is 0 Å². The first-order chi connectivity index (χ1) is 6.29. The second kappa shape index (κ2) is 4.70. The summed E-state index contributed by atoms with van der Waals surface area (Å²) in [4.78, 5) is 25.6. The fourth-order valence-corrected chi connectivity index (χ4v) is 0.592. The third-order valence-electron chi connectivity index (χ3n) is 1.08. The predicted molar refractivity (Wildman–Crippen MR) is 46.3 cm³/mol. The van der Waals surface area contributed by atoms with E-state index >= 15 is 0 Å². The van der Waals surface area contributed by atoms with E-state index in [-0.39, 0.29) is 0 Å². The number of H-pyrrole nitrogens is 3. The second-order valence-electron chi connectivity index (χ2n) is 2.06. The van der Waals surface area contributed by atoms with Crippen molar-refractivity contribution in [3.05, 3.63) is 51.6 Å². The van der Waals surface area contributed by atoms with Crippen molar-refractivity contribution in [1.29, 1.82) is 0 Å². The average Bonchev–Trinajstić information content (AvgIpc) is 2.54. The zero-order valence-electron chi connectivity index (χ0n) is 6.65. The van der Waals surface area contributed by atoms with Crippen LogP contribution in [-0.2, 0) is 0 Å². The van der Waals surface area contributed by atoms with Crippen molar-refractivity contribution in [3.63, 3.8) is 0 Å². The first-order valence-electron chi connectivity index (χ1n) is 3.51. The summed E-state index contributed by atoms with van der Waals surface area (Å²) in [5, 5.41) is 4.04. The molecule has 0 aliphatic heterocycles. The van der Waals surface area contributed by atoms with E-state index in [1.807, 2.05) is 33.4 Å². The Labute approximate surface area is 72.7 Å². The van der Waals surface area contributed by atoms with Crippen LogP contribution in [-0.4, -0.2) is 20.2 Å². The Bertz CT molecular complexity index is 376. The van der Waals surface area contributed by atoms with Gasteiger partial charge in [0, 0.05) is 12.4 Å². The third-order valence-corrected chi connectivity index (χ3v) is 1.08. The van der Waals surface area contributed by atoms with Gasteiger partial charge in [-0.25, -0.2) is 19.8 Å². The Morgan fingerprint density at radius 2 is 1.46 bits per heavy atom. The van der Waals surface area contributed by atoms with Crippen LogP contribution in [0.5, 0.6) is 0 Å². The summed E-state index contributed by atoms with van der Waals surface area (Å²) < 4.78 is 0. The molecule has 2 heterocycles. The van der Waals surface area contributed by atoms with Crippen molar-refractivity contribution in [2.24, 2.45) is 0 Å². The van der Waals surface area contributed by atoms with Crippen molar-refractivity contribution >= 4 is 0 Å². The molecule has 0 fully saturated rings. The average molecular weight is 180 g/mol. The zero-order valence-corrected chi connectivity index (χ0v) is 6.65. The maximum Gasteiger partial charge on any atom is 0.341 e. The summed E-state index contributed by atoms with van der Waals surface area (Å²) in [5.41, 5.74) is -1.02. The fourth-order valence-electron chi connectivity index (χ4n) is 0.592. The van der Waals surface area contributed by atoms with E-state index in [1.165, 1.54) is 0 Å². The van der Waals surface area contributed by atoms with E-state index < -0.39 is 11.4 Å². The topological polar surface area (TPSA) is 94.4 Å². The number of nitrogens with zero attached hydrogens (tertiary/aromatic N) is 1. The van der Waals surface area contributed by atoms with Gasteiger partial charge < -0.3 is 0 Å². The lowest BCUT2D eigenvalue weighted by molar-refractivity contribution is 1.03. The molecule has 0 bridgehead atoms. The van der Waals surface area contributed by atoms with Gasteiger partial charge in [-0.2, -0.15) is 0 Å². The Morgan fingerprint density at radius 3 is 1.62 bits per heavy atom. The molecule has 2 aromatic rings. The van der Waals surface area contributed by atoms with Crippen LogP contribution in [0.4, 0.5) is 0 Å². The van der Waals surface area contributed by atoms with Crippen LogP contribution in [0, 0.1) is 0 Å². The lowest BCUT2D eigenvalue weighted by Gasteiger charge is -1.70. The highest BCUT2D eigenvalue weighted by Gasteiger charge is 1.79. The molecule has 0 saturated carbocycles. The van der Waals surface area contributed by atoms with Gasteiger partial charge in [-0.15, -0.1) is 0 Å². The predicted octanol–water partition coefficient (Wildman–Crippen LogP) is -0.527. The Kier molecular flexibility index (Phi) is 3.25. The SMILES string of the molecule is O=c1[nH][nH]c(=O)[nH]1.c1ccncc1. The number of rotatable bonds is 0. The summed E-state index contributed by atoms with van der Waals surface area (Å²) in [6, 6.07) is 5.72. The van der Waals surface area contributed by atoms with Crippen LogP contribution >= 0.6 is 0 Å². The van der Waals surface area contributed by atoms with Crippen LogP contribution in [0.1, 0.15) is 0 Å². The molecule has 0 aromatic carbocycles. The van der Waals surface area contributed by atoms with Gasteiger partial charge in [-0.1, -0.05) is 6.07 Å². The summed E-state index contributed by atoms with van der Waals surface area (Å²) in [6.07, 6.45) is 3.50. The standard InChI is InChI=1S/C5H5N.C2H3N3O2/c1-2-4-6-5-3-1;6-1-3-2(7)5-4-1/h1-5H;(H3,3,4,5,6,7). The van der Waals surface area contributed by atoms with E-state index in [4.69, 9.17) is 0 Å². The van der Waals surface area contributed by atoms with Crippen molar-refractivity contribution < 1.29 is 0 Å². The quantitative estimate of drug-likeness (QED) is 0.508. The van der Waals surface area contributed by atoms with Crippen molar-refractivity contribution in [3.8, 4) is 0 Å². The van der Waals surface area contributed by atoms with E-state index in [1.54, 1.807) is 12.4 Å². The van der Waals surface area contributed by atoms with Crippen LogP contribution in [0.3, 0.4) is 0 Å². The van der Waals surface area contributed by atoms with Crippen LogP contribution in [0.25, 0.3) is 0 Å². The van der Waals surface area contributed by atoms with Crippen molar-refractivity contribution in [2.75, 3.05) is 0 Å². The molecule has 6 nitrogen and oxygen atoms in total. The number of aromatic nitrogens is 4. The first-order valence-corrected chi connectivity index (χ1v) is 3.51. The van der Waals surface area contributed by atoms with Crippen LogP contribution < -0.4 is 11.4 Å². The van der Waals surface area contributed by atoms with E-state index in [9.17, 15) is 9.59 Å². The molecular formula is C7H8N4O2. The van der Waals surface area contributed by atoms with Gasteiger partial charge in [-0.3, -0.25) is 9.97 Å². The molecule has 0 atom stereocenters. The fraction of sp³-hybridized carbons (Fsp3) is 0. The third kappa shape index (κ3) is 3.71. The number of hydrogen-bond donors (Lipinski definition) is 3. The summed E-state index contributed by atoms with van der Waals surface area (Å²) in [6.45, 7) is 0. The van der Waals surface area contributed by atoms with Gasteiger partial charge >= 0.3 is 11.4 Å². The number of pyridine rings is 1. The lowest BCUT2D eigenvalue weighted by Crippen LogP contribution is -2.07. The summed E-state index contributed by atoms with van der Waals surface area (Å²) in [7, 11) is 0. The molecule has 2 aromatic heterocycles. The zero-order chi connectivity index (χ0) is 9.52. The molecule has 2 rings (SSSR count). The monoisotopic (exact) mass is 180 g/mol. The molecular weight excluding hydrogens is 172 g/mol. The summed E-state index contributed by atoms with van der Waals surface area (Å²) in [5.74, 6) is 0. The molecule has 0 radical (unpaired) electrons. The number of aromatic amines is 3. The van der Waals surface area contributed by atoms with E-state index in [2.05, 4.69) is 4.98 Å². The number of hydrogen-bond acceptors (Lipinski definition) is 3. The largest absolute Gasteiger partial charge is 0.341 e. The summed E-state index contributed by atoms with van der Waals surface area (Å²) >= 11 is 0. The smallest absolute Gasteiger partial charge is 0.265 e. The highest BCUT2D eigenvalue weighted by Crippen LogP contribution is 1.73. The molecule has 0 spiro atoms. The Hall–Kier alpha value is -2.11. The lowest BCUT2D eigenvalue weighted by atomic mass is 10.5. The highest BCUT2D eigenvalue weighted by molar-refractivity contribution is 4.88. The highest BCUT2D eigenvalue weighted by atomic mass is 16.2. The maximum absolute atomic E-state index is 9.95. The van der Waals surface area contributed by atoms with Gasteiger partial charge in [0.25, 0.3) is 0 Å². The number of nitrogens with one attached hydrogen (secondary N) is 3. The molecule has 0 aliphatic rings. The molecule has 68 valence electrons. The normalized spacial score (nSPS) is 8.62. The molecule has 6 heteroatoms. The maximum atomic E-state index is 9.95. The molecule has 0 aliphatic carbocycles. The molecule has 3 N–H and O–H groups in total. The van der Waals surface area contributed by atoms with Crippen molar-refractivity contribution in [1.82, 2.24) is 20.2 Å². The van der Waals surface area contributed by atoms with Crippen molar-refractivity contribution in [2.45, 2.75) is 0 Å². The second-order valence-corrected chi connectivity index (χ2v) is 2.06. The van der Waals surface area contributed by atoms with Gasteiger partial charge in [0.1, 0.15) is 0 Å². The van der Waals surface area contributed by atoms with Crippen LogP contribution in [0.15, 0.2) is 40.2 Å². The Morgan fingerprint density at radius 1 is 0.923 bits per heavy atom. The van der Waals surface area contributed by atoms with Gasteiger partial charge in [0.15, 0.2) is 0 Å². The van der Waals surface area contributed by atoms with Gasteiger partial charge in [0.05, 0.1) is 0 Å². The van der Waals surface area contributed by atoms with Gasteiger partial charge in [0.2, 0.25) is 0 Å². The minimum Gasteiger partial charge on any atom is -0.265 e. The molecule has 0 amide bonds. The minimum absolute atomic E-state index is 0.509. The first kappa shape index (κ1) is 8.98.